The van der Waals surface area contributed by atoms with Gasteiger partial charge >= 0.3 is 5.97 Å². The van der Waals surface area contributed by atoms with Gasteiger partial charge in [0.05, 0.1) is 35.8 Å². The number of nitrogens with zero attached hydrogens (tertiary/aromatic N) is 2. The van der Waals surface area contributed by atoms with Crippen molar-refractivity contribution >= 4 is 29.5 Å². The molecule has 7 nitrogen and oxygen atoms in total. The Morgan fingerprint density at radius 3 is 2.72 bits per heavy atom. The predicted molar refractivity (Wildman–Crippen MR) is 125 cm³/mol. The largest absolute Gasteiger partial charge is 0.466 e. The predicted octanol–water partition coefficient (Wildman–Crippen LogP) is 2.62. The van der Waals surface area contributed by atoms with Gasteiger partial charge in [-0.25, -0.2) is 0 Å². The van der Waals surface area contributed by atoms with Gasteiger partial charge in [0.2, 0.25) is 11.8 Å². The quantitative estimate of drug-likeness (QED) is 0.270. The Morgan fingerprint density at radius 1 is 1.38 bits per heavy atom. The van der Waals surface area contributed by atoms with Crippen LogP contribution in [-0.4, -0.2) is 81.1 Å². The molecule has 0 radical (unpaired) electrons. The number of amides is 2. The standard InChI is InChI=1S/C24H38N2O5S/c1-5-9-10-14-25(13-6-2)22(29)20-24-12-11-17(32-24)18(23(30)31-8-4)19(24)21(28)26(20)16(7-3)15-27/h6,16-20,27H,2,5,7-15H2,1,3-4H3/t16-,17+,18-,19-,20?,24?/m0/s1. The molecule has 3 aliphatic rings. The number of esters is 1. The molecule has 8 heteroatoms. The summed E-state index contributed by atoms with van der Waals surface area (Å²) in [7, 11) is 0. The zero-order chi connectivity index (χ0) is 23.5. The molecular weight excluding hydrogens is 428 g/mol. The molecule has 3 heterocycles. The first-order valence-electron chi connectivity index (χ1n) is 12.1. The average Bonchev–Trinajstić information content (AvgIpc) is 3.42. The highest BCUT2D eigenvalue weighted by atomic mass is 32.2. The maximum Gasteiger partial charge on any atom is 0.310 e. The highest BCUT2D eigenvalue weighted by molar-refractivity contribution is 8.02. The third-order valence-electron chi connectivity index (χ3n) is 7.30. The lowest BCUT2D eigenvalue weighted by atomic mass is 9.71. The number of ether oxygens (including phenoxy) is 1. The monoisotopic (exact) mass is 466 g/mol. The van der Waals surface area contributed by atoms with Gasteiger partial charge in [-0.3, -0.25) is 14.4 Å². The minimum Gasteiger partial charge on any atom is -0.466 e. The molecule has 0 aliphatic carbocycles. The second-order valence-corrected chi connectivity index (χ2v) is 10.7. The molecule has 2 bridgehead atoms. The lowest BCUT2D eigenvalue weighted by Crippen LogP contribution is -2.57. The smallest absolute Gasteiger partial charge is 0.310 e. The maximum absolute atomic E-state index is 14.0. The molecule has 1 N–H and O–H groups in total. The fraction of sp³-hybridized carbons (Fsp3) is 0.792. The number of hydrogen-bond donors (Lipinski definition) is 1. The molecule has 3 aliphatic heterocycles. The van der Waals surface area contributed by atoms with Gasteiger partial charge in [0, 0.05) is 18.3 Å². The molecule has 180 valence electrons. The molecule has 3 fully saturated rings. The van der Waals surface area contributed by atoms with E-state index in [2.05, 4.69) is 13.5 Å². The van der Waals surface area contributed by atoms with E-state index < -0.39 is 28.7 Å². The number of rotatable bonds is 12. The van der Waals surface area contributed by atoms with Crippen LogP contribution in [-0.2, 0) is 19.1 Å². The van der Waals surface area contributed by atoms with Gasteiger partial charge in [-0.15, -0.1) is 18.3 Å². The average molecular weight is 467 g/mol. The summed E-state index contributed by atoms with van der Waals surface area (Å²) >= 11 is 1.64. The van der Waals surface area contributed by atoms with Crippen LogP contribution in [0.2, 0.25) is 0 Å². The first-order chi connectivity index (χ1) is 15.4. The fourth-order valence-corrected chi connectivity index (χ4v) is 8.04. The molecule has 0 aromatic rings. The van der Waals surface area contributed by atoms with E-state index in [9.17, 15) is 19.5 Å². The first-order valence-corrected chi connectivity index (χ1v) is 13.0. The molecule has 6 atom stereocenters. The van der Waals surface area contributed by atoms with Crippen molar-refractivity contribution in [3.05, 3.63) is 12.7 Å². The van der Waals surface area contributed by atoms with Crippen molar-refractivity contribution in [2.45, 2.75) is 81.4 Å². The fourth-order valence-electron chi connectivity index (χ4n) is 5.86. The van der Waals surface area contributed by atoms with E-state index in [0.29, 0.717) is 19.5 Å². The van der Waals surface area contributed by atoms with Gasteiger partial charge in [0.1, 0.15) is 6.04 Å². The Morgan fingerprint density at radius 2 is 2.12 bits per heavy atom. The topological polar surface area (TPSA) is 87.2 Å². The Hall–Kier alpha value is -1.54. The SMILES string of the molecule is C=CCN(CCCCC)C(=O)C1N([C@@H](CC)CO)C(=O)[C@@H]2[C@@H](C(=O)OCC)[C@H]3CCC12S3. The van der Waals surface area contributed by atoms with Gasteiger partial charge < -0.3 is 19.6 Å². The van der Waals surface area contributed by atoms with Crippen molar-refractivity contribution < 1.29 is 24.2 Å². The molecule has 1 spiro atoms. The summed E-state index contributed by atoms with van der Waals surface area (Å²) in [6, 6.07) is -1.12. The van der Waals surface area contributed by atoms with Crippen LogP contribution in [0, 0.1) is 11.8 Å². The van der Waals surface area contributed by atoms with Crippen LogP contribution < -0.4 is 0 Å². The summed E-state index contributed by atoms with van der Waals surface area (Å²) in [4.78, 5) is 44.1. The zero-order valence-corrected chi connectivity index (χ0v) is 20.4. The number of aliphatic hydroxyl groups is 1. The summed E-state index contributed by atoms with van der Waals surface area (Å²) in [5.74, 6) is -1.68. The third-order valence-corrected chi connectivity index (χ3v) is 9.25. The summed E-state index contributed by atoms with van der Waals surface area (Å²) in [6.45, 7) is 10.7. The molecule has 0 aromatic carbocycles. The molecule has 32 heavy (non-hydrogen) atoms. The van der Waals surface area contributed by atoms with Crippen molar-refractivity contribution in [3.8, 4) is 0 Å². The van der Waals surface area contributed by atoms with Gasteiger partial charge in [-0.05, 0) is 32.6 Å². The van der Waals surface area contributed by atoms with E-state index in [1.165, 1.54) is 0 Å². The van der Waals surface area contributed by atoms with Crippen LogP contribution in [0.25, 0.3) is 0 Å². The van der Waals surface area contributed by atoms with Gasteiger partial charge in [-0.2, -0.15) is 0 Å². The second-order valence-electron chi connectivity index (χ2n) is 9.08. The van der Waals surface area contributed by atoms with E-state index in [-0.39, 0.29) is 36.2 Å². The minimum absolute atomic E-state index is 0.00241. The van der Waals surface area contributed by atoms with E-state index in [1.54, 1.807) is 34.6 Å². The highest BCUT2D eigenvalue weighted by Crippen LogP contribution is 2.67. The van der Waals surface area contributed by atoms with Crippen molar-refractivity contribution in [1.82, 2.24) is 9.80 Å². The van der Waals surface area contributed by atoms with Crippen LogP contribution in [0.15, 0.2) is 12.7 Å². The van der Waals surface area contributed by atoms with E-state index >= 15 is 0 Å². The van der Waals surface area contributed by atoms with Crippen molar-refractivity contribution in [3.63, 3.8) is 0 Å². The van der Waals surface area contributed by atoms with Crippen molar-refractivity contribution in [1.29, 1.82) is 0 Å². The van der Waals surface area contributed by atoms with Crippen molar-refractivity contribution in [2.24, 2.45) is 11.8 Å². The molecule has 2 unspecified atom stereocenters. The molecule has 3 saturated heterocycles. The summed E-state index contributed by atoms with van der Waals surface area (Å²) in [5, 5.41) is 10.1. The Balaban J connectivity index is 2.01. The van der Waals surface area contributed by atoms with E-state index in [0.717, 1.165) is 32.1 Å². The molecule has 2 amide bonds. The van der Waals surface area contributed by atoms with Crippen LogP contribution >= 0.6 is 11.8 Å². The molecule has 0 saturated carbocycles. The van der Waals surface area contributed by atoms with Crippen LogP contribution in [0.5, 0.6) is 0 Å². The number of thioether (sulfide) groups is 1. The first kappa shape index (κ1) is 25.1. The van der Waals surface area contributed by atoms with Crippen LogP contribution in [0.4, 0.5) is 0 Å². The number of fused-ring (bicyclic) bond motifs is 1. The van der Waals surface area contributed by atoms with Gasteiger partial charge in [0.15, 0.2) is 0 Å². The van der Waals surface area contributed by atoms with Gasteiger partial charge in [-0.1, -0.05) is 32.8 Å². The Bertz CT molecular complexity index is 727. The van der Waals surface area contributed by atoms with E-state index in [1.807, 2.05) is 6.92 Å². The molecule has 3 rings (SSSR count). The number of carbonyl (C=O) groups is 3. The Labute approximate surface area is 195 Å². The minimum atomic E-state index is -0.673. The number of unbranched alkanes of at least 4 members (excludes halogenated alkanes) is 2. The highest BCUT2D eigenvalue weighted by Gasteiger charge is 2.74. The zero-order valence-electron chi connectivity index (χ0n) is 19.6. The van der Waals surface area contributed by atoms with E-state index in [4.69, 9.17) is 4.74 Å². The lowest BCUT2D eigenvalue weighted by Gasteiger charge is -2.39. The number of aliphatic hydroxyl groups excluding tert-OH is 1. The summed E-state index contributed by atoms with van der Waals surface area (Å²) in [6.07, 6.45) is 6.76. The normalized spacial score (nSPS) is 31.5. The van der Waals surface area contributed by atoms with Crippen LogP contribution in [0.3, 0.4) is 0 Å². The Kier molecular flexibility index (Phi) is 8.31. The van der Waals surface area contributed by atoms with Crippen molar-refractivity contribution in [2.75, 3.05) is 26.3 Å². The maximum atomic E-state index is 14.0. The lowest BCUT2D eigenvalue weighted by molar-refractivity contribution is -0.154. The second kappa shape index (κ2) is 10.6. The molecule has 0 aromatic heterocycles. The number of hydrogen-bond acceptors (Lipinski definition) is 6. The summed E-state index contributed by atoms with van der Waals surface area (Å²) in [5.41, 5.74) is 0. The van der Waals surface area contributed by atoms with Crippen LogP contribution in [0.1, 0.15) is 59.3 Å². The summed E-state index contributed by atoms with van der Waals surface area (Å²) < 4.78 is 4.71. The molecular formula is C24H38N2O5S. The van der Waals surface area contributed by atoms with Gasteiger partial charge in [0.25, 0.3) is 0 Å². The number of likely N-dealkylation sites (tertiary alicyclic amines) is 1. The number of carbonyl (C=O) groups excluding carboxylic acids is 3. The third kappa shape index (κ3) is 4.09.